The van der Waals surface area contributed by atoms with Gasteiger partial charge in [-0.1, -0.05) is 31.5 Å². The van der Waals surface area contributed by atoms with Crippen LogP contribution in [-0.4, -0.2) is 41.2 Å². The number of hydrogen-bond donors (Lipinski definition) is 1. The molecule has 0 heterocycles. The predicted molar refractivity (Wildman–Crippen MR) is 82.1 cm³/mol. The molecule has 0 saturated carbocycles. The van der Waals surface area contributed by atoms with Crippen molar-refractivity contribution in [3.05, 3.63) is 35.4 Å². The normalized spacial score (nSPS) is 10.3. The molecule has 0 fully saturated rings. The van der Waals surface area contributed by atoms with Gasteiger partial charge in [0.1, 0.15) is 0 Å². The Balaban J connectivity index is 2.45. The monoisotopic (exact) mass is 295 g/mol. The molecule has 5 heteroatoms. The zero-order valence-electron chi connectivity index (χ0n) is 12.0. The van der Waals surface area contributed by atoms with Gasteiger partial charge in [0.05, 0.1) is 11.3 Å². The Bertz CT molecular complexity index is 462. The van der Waals surface area contributed by atoms with Gasteiger partial charge >= 0.3 is 5.97 Å². The van der Waals surface area contributed by atoms with E-state index in [-0.39, 0.29) is 5.91 Å². The molecule has 0 saturated heterocycles. The molecule has 1 rings (SSSR count). The molecule has 20 heavy (non-hydrogen) atoms. The average molecular weight is 295 g/mol. The van der Waals surface area contributed by atoms with Gasteiger partial charge < -0.3 is 10.0 Å². The summed E-state index contributed by atoms with van der Waals surface area (Å²) in [6.45, 7) is 2.87. The van der Waals surface area contributed by atoms with Crippen molar-refractivity contribution in [3.8, 4) is 0 Å². The molecule has 110 valence electrons. The van der Waals surface area contributed by atoms with Crippen molar-refractivity contribution >= 4 is 23.6 Å². The molecule has 0 aromatic heterocycles. The highest BCUT2D eigenvalue weighted by atomic mass is 32.2. The summed E-state index contributed by atoms with van der Waals surface area (Å²) >= 11 is 1.45. The fraction of sp³-hybridized carbons (Fsp3) is 0.467. The van der Waals surface area contributed by atoms with Gasteiger partial charge in [-0.2, -0.15) is 0 Å². The lowest BCUT2D eigenvalue weighted by Gasteiger charge is -2.16. The minimum absolute atomic E-state index is 0.0938. The van der Waals surface area contributed by atoms with E-state index in [9.17, 15) is 9.59 Å². The Morgan fingerprint density at radius 1 is 1.30 bits per heavy atom. The fourth-order valence-electron chi connectivity index (χ4n) is 1.73. The molecule has 0 spiro atoms. The van der Waals surface area contributed by atoms with Gasteiger partial charge in [-0.05, 0) is 18.1 Å². The van der Waals surface area contributed by atoms with Crippen molar-refractivity contribution in [1.29, 1.82) is 0 Å². The Morgan fingerprint density at radius 2 is 2.00 bits per heavy atom. The van der Waals surface area contributed by atoms with E-state index in [0.29, 0.717) is 17.1 Å². The first kappa shape index (κ1) is 16.6. The maximum atomic E-state index is 11.8. The van der Waals surface area contributed by atoms with E-state index in [0.717, 1.165) is 24.9 Å². The van der Waals surface area contributed by atoms with Crippen molar-refractivity contribution in [2.75, 3.05) is 19.3 Å². The van der Waals surface area contributed by atoms with Crippen molar-refractivity contribution in [1.82, 2.24) is 4.90 Å². The summed E-state index contributed by atoms with van der Waals surface area (Å²) in [5.41, 5.74) is 1.07. The highest BCUT2D eigenvalue weighted by Gasteiger charge is 2.11. The van der Waals surface area contributed by atoms with Gasteiger partial charge in [0, 0.05) is 19.3 Å². The van der Waals surface area contributed by atoms with Crippen molar-refractivity contribution < 1.29 is 14.7 Å². The topological polar surface area (TPSA) is 57.6 Å². The lowest BCUT2D eigenvalue weighted by molar-refractivity contribution is -0.127. The maximum Gasteiger partial charge on any atom is 0.335 e. The highest BCUT2D eigenvalue weighted by molar-refractivity contribution is 7.99. The SMILES string of the molecule is CCCCN(C)C(=O)CSCc1ccccc1C(=O)O. The maximum absolute atomic E-state index is 11.8. The Labute approximate surface area is 124 Å². The van der Waals surface area contributed by atoms with Gasteiger partial charge in [-0.25, -0.2) is 4.79 Å². The van der Waals surface area contributed by atoms with Crippen LogP contribution in [-0.2, 0) is 10.5 Å². The highest BCUT2D eigenvalue weighted by Crippen LogP contribution is 2.17. The molecular formula is C15H21NO3S. The summed E-state index contributed by atoms with van der Waals surface area (Å²) in [7, 11) is 1.81. The van der Waals surface area contributed by atoms with Crippen LogP contribution in [0.5, 0.6) is 0 Å². The Kier molecular flexibility index (Phi) is 7.15. The van der Waals surface area contributed by atoms with Crippen LogP contribution in [0.1, 0.15) is 35.7 Å². The number of rotatable bonds is 8. The third-order valence-corrected chi connectivity index (χ3v) is 3.97. The molecule has 1 aromatic carbocycles. The third kappa shape index (κ3) is 5.25. The van der Waals surface area contributed by atoms with E-state index in [1.807, 2.05) is 13.1 Å². The molecule has 0 radical (unpaired) electrons. The smallest absolute Gasteiger partial charge is 0.335 e. The van der Waals surface area contributed by atoms with Crippen LogP contribution < -0.4 is 0 Å². The second-order valence-corrected chi connectivity index (χ2v) is 5.61. The summed E-state index contributed by atoms with van der Waals surface area (Å²) in [5.74, 6) is 0.0909. The van der Waals surface area contributed by atoms with Gasteiger partial charge in [-0.15, -0.1) is 11.8 Å². The minimum atomic E-state index is -0.924. The summed E-state index contributed by atoms with van der Waals surface area (Å²) in [6, 6.07) is 6.91. The van der Waals surface area contributed by atoms with Crippen LogP contribution in [0.2, 0.25) is 0 Å². The van der Waals surface area contributed by atoms with Crippen LogP contribution in [0.25, 0.3) is 0 Å². The summed E-state index contributed by atoms with van der Waals surface area (Å²) < 4.78 is 0. The van der Waals surface area contributed by atoms with Crippen LogP contribution in [0.3, 0.4) is 0 Å². The van der Waals surface area contributed by atoms with Crippen molar-refractivity contribution in [2.45, 2.75) is 25.5 Å². The van der Waals surface area contributed by atoms with E-state index < -0.39 is 5.97 Å². The van der Waals surface area contributed by atoms with Crippen molar-refractivity contribution in [2.24, 2.45) is 0 Å². The number of thioether (sulfide) groups is 1. The molecular weight excluding hydrogens is 274 g/mol. The van der Waals surface area contributed by atoms with E-state index >= 15 is 0 Å². The van der Waals surface area contributed by atoms with Gasteiger partial charge in [0.25, 0.3) is 0 Å². The number of nitrogens with zero attached hydrogens (tertiary/aromatic N) is 1. The number of amides is 1. The van der Waals surface area contributed by atoms with Gasteiger partial charge in [0.15, 0.2) is 0 Å². The molecule has 4 nitrogen and oxygen atoms in total. The first-order chi connectivity index (χ1) is 9.56. The molecule has 1 aromatic rings. The number of carbonyl (C=O) groups is 2. The van der Waals surface area contributed by atoms with E-state index in [2.05, 4.69) is 6.92 Å². The molecule has 0 aliphatic carbocycles. The Hall–Kier alpha value is -1.49. The molecule has 1 amide bonds. The second kappa shape index (κ2) is 8.64. The Morgan fingerprint density at radius 3 is 2.65 bits per heavy atom. The predicted octanol–water partition coefficient (Wildman–Crippen LogP) is 2.88. The quantitative estimate of drug-likeness (QED) is 0.801. The average Bonchev–Trinajstić information content (AvgIpc) is 2.44. The number of benzene rings is 1. The molecule has 0 aliphatic rings. The number of hydrogen-bond acceptors (Lipinski definition) is 3. The van der Waals surface area contributed by atoms with Crippen LogP contribution in [0, 0.1) is 0 Å². The summed E-state index contributed by atoms with van der Waals surface area (Å²) in [5, 5.41) is 9.08. The lowest BCUT2D eigenvalue weighted by Crippen LogP contribution is -2.29. The van der Waals surface area contributed by atoms with Crippen LogP contribution in [0.15, 0.2) is 24.3 Å². The number of aromatic carboxylic acids is 1. The van der Waals surface area contributed by atoms with Crippen LogP contribution in [0.4, 0.5) is 0 Å². The zero-order valence-corrected chi connectivity index (χ0v) is 12.8. The van der Waals surface area contributed by atoms with E-state index in [1.54, 1.807) is 23.1 Å². The number of carbonyl (C=O) groups excluding carboxylic acids is 1. The van der Waals surface area contributed by atoms with E-state index in [4.69, 9.17) is 5.11 Å². The number of carboxylic acids is 1. The number of unbranched alkanes of at least 4 members (excludes halogenated alkanes) is 1. The molecule has 0 unspecified atom stereocenters. The lowest BCUT2D eigenvalue weighted by atomic mass is 10.1. The number of carboxylic acid groups (broad SMARTS) is 1. The molecule has 0 atom stereocenters. The molecule has 0 aliphatic heterocycles. The first-order valence-corrected chi connectivity index (χ1v) is 7.84. The molecule has 1 N–H and O–H groups in total. The molecule has 0 bridgehead atoms. The summed E-state index contributed by atoms with van der Waals surface area (Å²) in [6.07, 6.45) is 2.07. The third-order valence-electron chi connectivity index (χ3n) is 3.00. The second-order valence-electron chi connectivity index (χ2n) is 4.62. The van der Waals surface area contributed by atoms with E-state index in [1.165, 1.54) is 11.8 Å². The summed E-state index contributed by atoms with van der Waals surface area (Å²) in [4.78, 5) is 24.6. The van der Waals surface area contributed by atoms with Crippen molar-refractivity contribution in [3.63, 3.8) is 0 Å². The van der Waals surface area contributed by atoms with Crippen LogP contribution >= 0.6 is 11.8 Å². The zero-order chi connectivity index (χ0) is 15.0. The minimum Gasteiger partial charge on any atom is -0.478 e. The standard InChI is InChI=1S/C15H21NO3S/c1-3-4-9-16(2)14(17)11-20-10-12-7-5-6-8-13(12)15(18)19/h5-8H,3-4,9-11H2,1-2H3,(H,18,19). The van der Waals surface area contributed by atoms with Gasteiger partial charge in [-0.3, -0.25) is 4.79 Å². The van der Waals surface area contributed by atoms with Gasteiger partial charge in [0.2, 0.25) is 5.91 Å². The first-order valence-electron chi connectivity index (χ1n) is 6.69. The fourth-order valence-corrected chi connectivity index (χ4v) is 2.70. The largest absolute Gasteiger partial charge is 0.478 e.